The molecule has 0 aliphatic carbocycles. The van der Waals surface area contributed by atoms with E-state index in [-0.39, 0.29) is 0 Å². The first-order valence-corrected chi connectivity index (χ1v) is 19.0. The van der Waals surface area contributed by atoms with E-state index in [1.807, 2.05) is 6.07 Å². The van der Waals surface area contributed by atoms with Crippen LogP contribution in [0.1, 0.15) is 0 Å². The van der Waals surface area contributed by atoms with Crippen LogP contribution in [0.25, 0.3) is 119 Å². The molecule has 3 aromatic heterocycles. The SMILES string of the molecule is c1ccc2cc(-c3ccc4c(c3)oc3cccc(-c5nc(-c6ccc7c8ccccc8c8ccccc8c7c6)c6sc7ccccc7c6n5)c34)ccc2c1. The van der Waals surface area contributed by atoms with Crippen molar-refractivity contribution in [3.63, 3.8) is 0 Å². The van der Waals surface area contributed by atoms with E-state index >= 15 is 0 Å². The Bertz CT molecular complexity index is 3480. The van der Waals surface area contributed by atoms with Gasteiger partial charge < -0.3 is 4.42 Å². The lowest BCUT2D eigenvalue weighted by atomic mass is 9.93. The molecule has 0 atom stereocenters. The van der Waals surface area contributed by atoms with Gasteiger partial charge in [-0.25, -0.2) is 9.97 Å². The van der Waals surface area contributed by atoms with Crippen LogP contribution in [0.2, 0.25) is 0 Å². The van der Waals surface area contributed by atoms with Gasteiger partial charge in [0.2, 0.25) is 0 Å². The predicted molar refractivity (Wildman–Crippen MR) is 229 cm³/mol. The molecule has 12 rings (SSSR count). The number of hydrogen-bond acceptors (Lipinski definition) is 4. The van der Waals surface area contributed by atoms with Gasteiger partial charge in [0.1, 0.15) is 11.2 Å². The van der Waals surface area contributed by atoms with Gasteiger partial charge in [0, 0.05) is 32.0 Å². The molecule has 0 N–H and O–H groups in total. The molecule has 0 spiro atoms. The molecule has 9 aromatic carbocycles. The Kier molecular flexibility index (Phi) is 6.21. The molecule has 12 aromatic rings. The second-order valence-corrected chi connectivity index (χ2v) is 15.1. The Morgan fingerprint density at radius 3 is 1.85 bits per heavy atom. The van der Waals surface area contributed by atoms with Crippen LogP contribution >= 0.6 is 11.3 Å². The predicted octanol–water partition coefficient (Wildman–Crippen LogP) is 14.4. The first-order chi connectivity index (χ1) is 26.7. The van der Waals surface area contributed by atoms with Crippen LogP contribution in [-0.2, 0) is 0 Å². The van der Waals surface area contributed by atoms with E-state index < -0.39 is 0 Å². The average Bonchev–Trinajstić information content (AvgIpc) is 3.81. The lowest BCUT2D eigenvalue weighted by molar-refractivity contribution is 0.669. The highest BCUT2D eigenvalue weighted by atomic mass is 32.1. The molecule has 0 radical (unpaired) electrons. The maximum absolute atomic E-state index is 6.59. The summed E-state index contributed by atoms with van der Waals surface area (Å²) in [6.45, 7) is 0. The van der Waals surface area contributed by atoms with Crippen molar-refractivity contribution >= 4 is 96.7 Å². The zero-order valence-corrected chi connectivity index (χ0v) is 29.7. The number of nitrogens with zero attached hydrogens (tertiary/aromatic N) is 2. The van der Waals surface area contributed by atoms with E-state index in [0.29, 0.717) is 5.82 Å². The molecule has 0 fully saturated rings. The lowest BCUT2D eigenvalue weighted by Crippen LogP contribution is -1.94. The molecule has 0 amide bonds. The number of thiophene rings is 1. The third kappa shape index (κ3) is 4.35. The van der Waals surface area contributed by atoms with E-state index in [0.717, 1.165) is 65.5 Å². The molecule has 0 saturated carbocycles. The van der Waals surface area contributed by atoms with Crippen molar-refractivity contribution in [2.45, 2.75) is 0 Å². The van der Waals surface area contributed by atoms with E-state index in [2.05, 4.69) is 164 Å². The van der Waals surface area contributed by atoms with Crippen LogP contribution in [-0.4, -0.2) is 9.97 Å². The van der Waals surface area contributed by atoms with Crippen molar-refractivity contribution < 1.29 is 4.42 Å². The smallest absolute Gasteiger partial charge is 0.161 e. The van der Waals surface area contributed by atoms with Gasteiger partial charge >= 0.3 is 0 Å². The third-order valence-corrected chi connectivity index (χ3v) is 12.2. The highest BCUT2D eigenvalue weighted by molar-refractivity contribution is 7.26. The molecule has 0 bridgehead atoms. The quantitative estimate of drug-likeness (QED) is 0.172. The number of aromatic nitrogens is 2. The number of rotatable bonds is 3. The fourth-order valence-electron chi connectivity index (χ4n) is 8.52. The highest BCUT2D eigenvalue weighted by Gasteiger charge is 2.21. The number of furan rings is 1. The highest BCUT2D eigenvalue weighted by Crippen LogP contribution is 2.44. The van der Waals surface area contributed by atoms with Crippen LogP contribution < -0.4 is 0 Å². The van der Waals surface area contributed by atoms with Crippen LogP contribution in [0.15, 0.2) is 174 Å². The van der Waals surface area contributed by atoms with Crippen molar-refractivity contribution in [1.82, 2.24) is 9.97 Å². The molecule has 54 heavy (non-hydrogen) atoms. The topological polar surface area (TPSA) is 38.9 Å². The van der Waals surface area contributed by atoms with E-state index in [9.17, 15) is 0 Å². The van der Waals surface area contributed by atoms with E-state index in [1.54, 1.807) is 11.3 Å². The summed E-state index contributed by atoms with van der Waals surface area (Å²) in [5, 5.41) is 13.2. The summed E-state index contributed by atoms with van der Waals surface area (Å²) < 4.78 is 8.88. The van der Waals surface area contributed by atoms with Crippen molar-refractivity contribution in [3.8, 4) is 33.8 Å². The Balaban J connectivity index is 1.09. The monoisotopic (exact) mass is 704 g/mol. The summed E-state index contributed by atoms with van der Waals surface area (Å²) in [5.41, 5.74) is 7.90. The first kappa shape index (κ1) is 29.7. The van der Waals surface area contributed by atoms with Crippen molar-refractivity contribution in [3.05, 3.63) is 170 Å². The second kappa shape index (κ2) is 11.3. The summed E-state index contributed by atoms with van der Waals surface area (Å²) in [7, 11) is 0. The number of benzene rings is 9. The van der Waals surface area contributed by atoms with Gasteiger partial charge in [0.15, 0.2) is 5.82 Å². The minimum Gasteiger partial charge on any atom is -0.456 e. The van der Waals surface area contributed by atoms with Gasteiger partial charge in [0.05, 0.1) is 15.9 Å². The zero-order chi connectivity index (χ0) is 35.3. The molecule has 0 unspecified atom stereocenters. The fourth-order valence-corrected chi connectivity index (χ4v) is 9.68. The summed E-state index contributed by atoms with van der Waals surface area (Å²) >= 11 is 1.76. The van der Waals surface area contributed by atoms with Crippen LogP contribution in [0.3, 0.4) is 0 Å². The van der Waals surface area contributed by atoms with Crippen molar-refractivity contribution in [1.29, 1.82) is 0 Å². The Morgan fingerprint density at radius 2 is 1.04 bits per heavy atom. The van der Waals surface area contributed by atoms with Gasteiger partial charge in [-0.15, -0.1) is 11.3 Å². The summed E-state index contributed by atoms with van der Waals surface area (Å²) in [6.07, 6.45) is 0. The van der Waals surface area contributed by atoms with Crippen LogP contribution in [0.5, 0.6) is 0 Å². The maximum Gasteiger partial charge on any atom is 0.161 e. The Labute approximate surface area is 313 Å². The van der Waals surface area contributed by atoms with E-state index in [4.69, 9.17) is 14.4 Å². The molecular weight excluding hydrogens is 677 g/mol. The standard InChI is InChI=1S/C50H28N2OS/c1-2-11-30-26-31(21-20-29(30)10-1)32-22-25-39-44(28-32)53-43-18-9-17-41(46(39)43)50-51-47(49-48(52-50)40-16-7-8-19-45(40)54-49)33-23-24-38-36-14-4-3-12-34(36)35-13-5-6-15-37(35)42(38)27-33/h1-28H. The Morgan fingerprint density at radius 1 is 0.407 bits per heavy atom. The second-order valence-electron chi connectivity index (χ2n) is 14.1. The number of fused-ring (bicyclic) bond motifs is 13. The average molecular weight is 705 g/mol. The van der Waals surface area contributed by atoms with Gasteiger partial charge in [-0.2, -0.15) is 0 Å². The molecule has 0 aliphatic rings. The van der Waals surface area contributed by atoms with E-state index in [1.165, 1.54) is 47.8 Å². The summed E-state index contributed by atoms with van der Waals surface area (Å²) in [4.78, 5) is 10.8. The lowest BCUT2D eigenvalue weighted by Gasteiger charge is -2.13. The van der Waals surface area contributed by atoms with Crippen LogP contribution in [0.4, 0.5) is 0 Å². The maximum atomic E-state index is 6.59. The zero-order valence-electron chi connectivity index (χ0n) is 28.9. The largest absolute Gasteiger partial charge is 0.456 e. The molecule has 0 saturated heterocycles. The molecule has 3 heterocycles. The van der Waals surface area contributed by atoms with Gasteiger partial charge in [0.25, 0.3) is 0 Å². The van der Waals surface area contributed by atoms with Gasteiger partial charge in [-0.3, -0.25) is 0 Å². The first-order valence-electron chi connectivity index (χ1n) is 18.2. The van der Waals surface area contributed by atoms with Gasteiger partial charge in [-0.1, -0.05) is 133 Å². The van der Waals surface area contributed by atoms with Gasteiger partial charge in [-0.05, 0) is 90.6 Å². The normalized spacial score (nSPS) is 12.1. The molecule has 0 aliphatic heterocycles. The Hall–Kier alpha value is -6.88. The minimum atomic E-state index is 0.691. The summed E-state index contributed by atoms with van der Waals surface area (Å²) in [5.74, 6) is 0.691. The third-order valence-electron chi connectivity index (χ3n) is 11.1. The minimum absolute atomic E-state index is 0.691. The van der Waals surface area contributed by atoms with Crippen molar-refractivity contribution in [2.24, 2.45) is 0 Å². The summed E-state index contributed by atoms with van der Waals surface area (Å²) in [6, 6.07) is 60.7. The molecule has 3 nitrogen and oxygen atoms in total. The fraction of sp³-hybridized carbons (Fsp3) is 0. The molecule has 250 valence electrons. The number of hydrogen-bond donors (Lipinski definition) is 0. The van der Waals surface area contributed by atoms with Crippen molar-refractivity contribution in [2.75, 3.05) is 0 Å². The molecule has 4 heteroatoms. The van der Waals surface area contributed by atoms with Crippen LogP contribution in [0, 0.1) is 0 Å². The molecular formula is C50H28N2OS.